The van der Waals surface area contributed by atoms with Crippen molar-refractivity contribution >= 4 is 45.0 Å². The first-order valence-electron chi connectivity index (χ1n) is 14.0. The van der Waals surface area contributed by atoms with E-state index in [4.69, 9.17) is 22.0 Å². The zero-order chi connectivity index (χ0) is 31.0. The SMILES string of the molecule is CNC(=O)c1ccc(-n2c(=O)c3c(n4ncc(CCc5ccc(C#N)cc5)c24)CN(C(=O)c2ccc(Br)c(Cl)c2)CC3)cc1. The number of rotatable bonds is 6. The van der Waals surface area contributed by atoms with E-state index in [9.17, 15) is 14.4 Å². The Balaban J connectivity index is 1.44. The van der Waals surface area contributed by atoms with E-state index in [1.165, 1.54) is 0 Å². The molecule has 2 aromatic heterocycles. The average molecular weight is 670 g/mol. The number of nitrogens with one attached hydrogen (secondary N) is 1. The van der Waals surface area contributed by atoms with Gasteiger partial charge in [0, 0.05) is 40.3 Å². The molecule has 0 spiro atoms. The van der Waals surface area contributed by atoms with Gasteiger partial charge in [0.25, 0.3) is 17.4 Å². The summed E-state index contributed by atoms with van der Waals surface area (Å²) in [6.07, 6.45) is 3.38. The summed E-state index contributed by atoms with van der Waals surface area (Å²) in [5.74, 6) is -0.399. The van der Waals surface area contributed by atoms with Crippen LogP contribution in [0.1, 0.15) is 48.7 Å². The summed E-state index contributed by atoms with van der Waals surface area (Å²) in [6.45, 7) is 0.573. The van der Waals surface area contributed by atoms with Gasteiger partial charge in [-0.3, -0.25) is 19.0 Å². The third-order valence-electron chi connectivity index (χ3n) is 7.90. The van der Waals surface area contributed by atoms with Gasteiger partial charge in [0.05, 0.1) is 40.8 Å². The largest absolute Gasteiger partial charge is 0.355 e. The number of fused-ring (bicyclic) bond motifs is 3. The van der Waals surface area contributed by atoms with Gasteiger partial charge in [0.1, 0.15) is 5.65 Å². The summed E-state index contributed by atoms with van der Waals surface area (Å²) in [4.78, 5) is 41.6. The lowest BCUT2D eigenvalue weighted by molar-refractivity contribution is 0.0729. The van der Waals surface area contributed by atoms with Crippen LogP contribution in [0.5, 0.6) is 0 Å². The number of nitriles is 1. The first-order chi connectivity index (χ1) is 21.3. The lowest BCUT2D eigenvalue weighted by Crippen LogP contribution is -2.41. The Hall–Kier alpha value is -4.72. The molecule has 0 saturated heterocycles. The number of amides is 2. The molecule has 6 rings (SSSR count). The molecule has 5 aromatic rings. The van der Waals surface area contributed by atoms with Crippen LogP contribution in [0.4, 0.5) is 0 Å². The highest BCUT2D eigenvalue weighted by Gasteiger charge is 2.29. The highest BCUT2D eigenvalue weighted by Crippen LogP contribution is 2.27. The third-order valence-corrected chi connectivity index (χ3v) is 9.13. The zero-order valence-corrected chi connectivity index (χ0v) is 26.0. The fraction of sp³-hybridized carbons (Fsp3) is 0.182. The van der Waals surface area contributed by atoms with Crippen molar-refractivity contribution in [3.05, 3.63) is 132 Å². The van der Waals surface area contributed by atoms with E-state index < -0.39 is 0 Å². The molecule has 0 unspecified atom stereocenters. The molecule has 1 aliphatic rings. The maximum absolute atomic E-state index is 14.2. The molecule has 220 valence electrons. The monoisotopic (exact) mass is 668 g/mol. The van der Waals surface area contributed by atoms with Crippen molar-refractivity contribution < 1.29 is 9.59 Å². The molecule has 0 saturated carbocycles. The van der Waals surface area contributed by atoms with Crippen LogP contribution >= 0.6 is 27.5 Å². The summed E-state index contributed by atoms with van der Waals surface area (Å²) in [5.41, 5.74) is 5.73. The number of halogens is 2. The van der Waals surface area contributed by atoms with Crippen molar-refractivity contribution in [3.8, 4) is 11.8 Å². The van der Waals surface area contributed by atoms with Crippen LogP contribution in [0.2, 0.25) is 5.02 Å². The Morgan fingerprint density at radius 2 is 1.77 bits per heavy atom. The van der Waals surface area contributed by atoms with Crippen molar-refractivity contribution in [1.82, 2.24) is 24.4 Å². The van der Waals surface area contributed by atoms with E-state index in [1.807, 2.05) is 12.1 Å². The Labute approximate surface area is 266 Å². The Kier molecular flexibility index (Phi) is 8.08. The quantitative estimate of drug-likeness (QED) is 0.270. The van der Waals surface area contributed by atoms with E-state index in [0.717, 1.165) is 11.1 Å². The highest BCUT2D eigenvalue weighted by molar-refractivity contribution is 9.10. The zero-order valence-electron chi connectivity index (χ0n) is 23.7. The fourth-order valence-corrected chi connectivity index (χ4v) is 5.97. The Morgan fingerprint density at radius 3 is 2.45 bits per heavy atom. The van der Waals surface area contributed by atoms with Gasteiger partial charge in [-0.1, -0.05) is 23.7 Å². The molecule has 0 fully saturated rings. The topological polar surface area (TPSA) is 112 Å². The van der Waals surface area contributed by atoms with Crippen LogP contribution < -0.4 is 10.9 Å². The van der Waals surface area contributed by atoms with Gasteiger partial charge < -0.3 is 10.2 Å². The van der Waals surface area contributed by atoms with Crippen molar-refractivity contribution in [2.45, 2.75) is 25.8 Å². The summed E-state index contributed by atoms with van der Waals surface area (Å²) in [7, 11) is 1.57. The number of carbonyl (C=O) groups is 2. The summed E-state index contributed by atoms with van der Waals surface area (Å²) >= 11 is 9.64. The molecule has 1 N–H and O–H groups in total. The van der Waals surface area contributed by atoms with Crippen molar-refractivity contribution in [1.29, 1.82) is 5.26 Å². The number of aryl methyl sites for hydroxylation is 2. The van der Waals surface area contributed by atoms with Gasteiger partial charge in [-0.05, 0) is 95.4 Å². The van der Waals surface area contributed by atoms with Gasteiger partial charge in [0.15, 0.2) is 0 Å². The molecule has 44 heavy (non-hydrogen) atoms. The first-order valence-corrected chi connectivity index (χ1v) is 15.2. The molecule has 11 heteroatoms. The predicted molar refractivity (Wildman–Crippen MR) is 170 cm³/mol. The van der Waals surface area contributed by atoms with Gasteiger partial charge in [-0.15, -0.1) is 0 Å². The normalized spacial score (nSPS) is 12.5. The molecule has 2 amide bonds. The van der Waals surface area contributed by atoms with Crippen molar-refractivity contribution in [2.24, 2.45) is 0 Å². The van der Waals surface area contributed by atoms with Crippen LogP contribution in [0, 0.1) is 11.3 Å². The number of nitrogens with zero attached hydrogens (tertiary/aromatic N) is 5. The first kappa shape index (κ1) is 29.4. The van der Waals surface area contributed by atoms with Crippen LogP contribution in [0.15, 0.2) is 82.2 Å². The van der Waals surface area contributed by atoms with Gasteiger partial charge in [0.2, 0.25) is 0 Å². The second-order valence-electron chi connectivity index (χ2n) is 10.5. The molecule has 0 bridgehead atoms. The van der Waals surface area contributed by atoms with Crippen molar-refractivity contribution in [2.75, 3.05) is 13.6 Å². The molecule has 3 heterocycles. The van der Waals surface area contributed by atoms with Crippen LogP contribution in [0.25, 0.3) is 11.3 Å². The standard InChI is InChI=1S/C33H26BrClN6O3/c1-37-30(42)22-8-11-25(12-9-22)40-31-24(7-6-20-2-4-21(17-36)5-3-20)18-38-41(31)29-19-39(15-14-26(29)33(40)44)32(43)23-10-13-27(34)28(35)16-23/h2-5,8-13,16,18H,6-7,14-15,19H2,1H3,(H,37,42). The van der Waals surface area contributed by atoms with E-state index in [-0.39, 0.29) is 23.9 Å². The lowest BCUT2D eigenvalue weighted by atomic mass is 10.0. The molecule has 0 atom stereocenters. The number of hydrogen-bond donors (Lipinski definition) is 1. The lowest BCUT2D eigenvalue weighted by Gasteiger charge is -2.30. The second kappa shape index (κ2) is 12.1. The maximum Gasteiger partial charge on any atom is 0.261 e. The predicted octanol–water partition coefficient (Wildman–Crippen LogP) is 5.12. The summed E-state index contributed by atoms with van der Waals surface area (Å²) in [5, 5.41) is 16.9. The van der Waals surface area contributed by atoms with E-state index >= 15 is 0 Å². The van der Waals surface area contributed by atoms with Crippen LogP contribution in [0.3, 0.4) is 0 Å². The van der Waals surface area contributed by atoms with Crippen molar-refractivity contribution in [3.63, 3.8) is 0 Å². The van der Waals surface area contributed by atoms with Crippen LogP contribution in [-0.4, -0.2) is 44.5 Å². The van der Waals surface area contributed by atoms with Gasteiger partial charge in [-0.2, -0.15) is 10.4 Å². The average Bonchev–Trinajstić information content (AvgIpc) is 3.48. The number of hydrogen-bond acceptors (Lipinski definition) is 5. The maximum atomic E-state index is 14.2. The fourth-order valence-electron chi connectivity index (χ4n) is 5.55. The third kappa shape index (κ3) is 5.41. The van der Waals surface area contributed by atoms with Gasteiger partial charge >= 0.3 is 0 Å². The van der Waals surface area contributed by atoms with Gasteiger partial charge in [-0.25, -0.2) is 4.52 Å². The number of aromatic nitrogens is 3. The smallest absolute Gasteiger partial charge is 0.261 e. The highest BCUT2D eigenvalue weighted by atomic mass is 79.9. The minimum atomic E-state index is -0.219. The molecule has 3 aromatic carbocycles. The number of benzene rings is 3. The summed E-state index contributed by atoms with van der Waals surface area (Å²) < 4.78 is 4.13. The molecule has 0 aliphatic carbocycles. The molecule has 1 aliphatic heterocycles. The molecule has 9 nitrogen and oxygen atoms in total. The molecular weight excluding hydrogens is 644 g/mol. The Bertz CT molecular complexity index is 2030. The minimum absolute atomic E-state index is 0.180. The van der Waals surface area contributed by atoms with E-state index in [1.54, 1.807) is 81.8 Å². The van der Waals surface area contributed by atoms with E-state index in [2.05, 4.69) is 27.3 Å². The second-order valence-corrected chi connectivity index (χ2v) is 11.8. The Morgan fingerprint density at radius 1 is 1.05 bits per heavy atom. The minimum Gasteiger partial charge on any atom is -0.355 e. The van der Waals surface area contributed by atoms with E-state index in [0.29, 0.717) is 74.6 Å². The van der Waals surface area contributed by atoms with Crippen LogP contribution in [-0.2, 0) is 25.8 Å². The molecule has 0 radical (unpaired) electrons. The summed E-state index contributed by atoms with van der Waals surface area (Å²) in [6, 6.07) is 21.5. The molecular formula is C33H26BrClN6O3. The number of carbonyl (C=O) groups excluding carboxylic acids is 2.